The molecule has 1 unspecified atom stereocenters. The summed E-state index contributed by atoms with van der Waals surface area (Å²) in [6.45, 7) is 0. The van der Waals surface area contributed by atoms with Gasteiger partial charge in [-0.3, -0.25) is 0 Å². The van der Waals surface area contributed by atoms with Gasteiger partial charge in [0.1, 0.15) is 5.75 Å². The van der Waals surface area contributed by atoms with Crippen LogP contribution in [0.2, 0.25) is 5.02 Å². The molecule has 0 aliphatic carbocycles. The lowest BCUT2D eigenvalue weighted by atomic mass is 10.1. The van der Waals surface area contributed by atoms with E-state index in [1.807, 2.05) is 6.07 Å². The van der Waals surface area contributed by atoms with Crippen molar-refractivity contribution in [2.45, 2.75) is 12.5 Å². The lowest BCUT2D eigenvalue weighted by molar-refractivity contribution is -0.147. The van der Waals surface area contributed by atoms with E-state index in [0.717, 1.165) is 5.56 Å². The Morgan fingerprint density at radius 3 is 3.14 bits per heavy atom. The van der Waals surface area contributed by atoms with Crippen LogP contribution >= 0.6 is 11.6 Å². The van der Waals surface area contributed by atoms with E-state index < -0.39 is 6.10 Å². The molecule has 2 rings (SSSR count). The molecule has 0 spiro atoms. The van der Waals surface area contributed by atoms with E-state index in [4.69, 9.17) is 16.3 Å². The summed E-state index contributed by atoms with van der Waals surface area (Å²) in [5, 5.41) is 0.606. The third-order valence-electron chi connectivity index (χ3n) is 2.17. The van der Waals surface area contributed by atoms with Gasteiger partial charge in [-0.2, -0.15) is 0 Å². The second-order valence-corrected chi connectivity index (χ2v) is 3.52. The van der Waals surface area contributed by atoms with Gasteiger partial charge in [-0.1, -0.05) is 17.7 Å². The van der Waals surface area contributed by atoms with E-state index in [1.54, 1.807) is 12.1 Å². The van der Waals surface area contributed by atoms with E-state index in [9.17, 15) is 4.79 Å². The zero-order valence-electron chi connectivity index (χ0n) is 7.62. The topological polar surface area (TPSA) is 35.5 Å². The highest BCUT2D eigenvalue weighted by molar-refractivity contribution is 6.30. The first-order valence-electron chi connectivity index (χ1n) is 4.23. The van der Waals surface area contributed by atoms with Crippen molar-refractivity contribution in [3.05, 3.63) is 28.8 Å². The summed E-state index contributed by atoms with van der Waals surface area (Å²) < 4.78 is 9.98. The summed E-state index contributed by atoms with van der Waals surface area (Å²) in [5.74, 6) is 0.324. The van der Waals surface area contributed by atoms with Crippen molar-refractivity contribution in [1.82, 2.24) is 0 Å². The quantitative estimate of drug-likeness (QED) is 0.667. The van der Waals surface area contributed by atoms with Gasteiger partial charge in [-0.15, -0.1) is 0 Å². The predicted molar refractivity (Wildman–Crippen MR) is 51.6 cm³/mol. The van der Waals surface area contributed by atoms with Crippen molar-refractivity contribution in [2.75, 3.05) is 7.11 Å². The van der Waals surface area contributed by atoms with Crippen LogP contribution < -0.4 is 4.74 Å². The monoisotopic (exact) mass is 212 g/mol. The number of hydrogen-bond donors (Lipinski definition) is 0. The maximum Gasteiger partial charge on any atom is 0.347 e. The van der Waals surface area contributed by atoms with Crippen LogP contribution in [0.1, 0.15) is 5.56 Å². The van der Waals surface area contributed by atoms with E-state index in [0.29, 0.717) is 17.2 Å². The van der Waals surface area contributed by atoms with Gasteiger partial charge in [0.2, 0.25) is 0 Å². The molecule has 1 atom stereocenters. The molecule has 1 aromatic carbocycles. The van der Waals surface area contributed by atoms with E-state index in [-0.39, 0.29) is 5.97 Å². The van der Waals surface area contributed by atoms with Gasteiger partial charge in [-0.25, -0.2) is 4.79 Å². The Morgan fingerprint density at radius 2 is 2.43 bits per heavy atom. The van der Waals surface area contributed by atoms with Crippen molar-refractivity contribution < 1.29 is 14.3 Å². The zero-order valence-corrected chi connectivity index (χ0v) is 8.38. The Hall–Kier alpha value is -1.22. The first kappa shape index (κ1) is 9.34. The Labute approximate surface area is 86.6 Å². The molecule has 1 aromatic rings. The molecule has 0 amide bonds. The normalized spacial score (nSPS) is 18.6. The summed E-state index contributed by atoms with van der Waals surface area (Å²) in [6.07, 6.45) is 0.0348. The molecule has 14 heavy (non-hydrogen) atoms. The van der Waals surface area contributed by atoms with Crippen LogP contribution in [0.3, 0.4) is 0 Å². The van der Waals surface area contributed by atoms with Crippen molar-refractivity contribution in [2.24, 2.45) is 0 Å². The lowest BCUT2D eigenvalue weighted by Crippen LogP contribution is -2.26. The van der Waals surface area contributed by atoms with Gasteiger partial charge in [-0.05, 0) is 17.7 Å². The molecular weight excluding hydrogens is 204 g/mol. The third kappa shape index (κ3) is 1.55. The molecule has 1 aliphatic heterocycles. The number of fused-ring (bicyclic) bond motifs is 1. The van der Waals surface area contributed by atoms with Crippen LogP contribution in [-0.4, -0.2) is 19.2 Å². The van der Waals surface area contributed by atoms with E-state index in [2.05, 4.69) is 4.74 Å². The van der Waals surface area contributed by atoms with Crippen molar-refractivity contribution in [1.29, 1.82) is 0 Å². The number of hydrogen-bond acceptors (Lipinski definition) is 3. The number of halogens is 1. The van der Waals surface area contributed by atoms with Crippen LogP contribution in [0.5, 0.6) is 5.75 Å². The molecule has 74 valence electrons. The van der Waals surface area contributed by atoms with Crippen LogP contribution in [-0.2, 0) is 16.0 Å². The largest absolute Gasteiger partial charge is 0.478 e. The van der Waals surface area contributed by atoms with Gasteiger partial charge >= 0.3 is 5.97 Å². The fourth-order valence-corrected chi connectivity index (χ4v) is 1.63. The Kier molecular flexibility index (Phi) is 2.33. The van der Waals surface area contributed by atoms with Gasteiger partial charge in [0.05, 0.1) is 7.11 Å². The number of methoxy groups -OCH3 is 1. The van der Waals surface area contributed by atoms with Crippen LogP contribution in [0.25, 0.3) is 0 Å². The molecule has 1 aliphatic rings. The lowest BCUT2D eigenvalue weighted by Gasteiger charge is -2.06. The van der Waals surface area contributed by atoms with E-state index >= 15 is 0 Å². The predicted octanol–water partition coefficient (Wildman–Crippen LogP) is 1.82. The second-order valence-electron chi connectivity index (χ2n) is 3.09. The fraction of sp³-hybridized carbons (Fsp3) is 0.300. The minimum atomic E-state index is -0.520. The highest BCUT2D eigenvalue weighted by atomic mass is 35.5. The molecule has 0 bridgehead atoms. The molecule has 0 radical (unpaired) electrons. The Bertz CT molecular complexity index is 376. The van der Waals surface area contributed by atoms with Crippen LogP contribution in [0, 0.1) is 0 Å². The Balaban J connectivity index is 2.22. The summed E-state index contributed by atoms with van der Waals surface area (Å²) in [6, 6.07) is 5.35. The molecule has 0 aromatic heterocycles. The highest BCUT2D eigenvalue weighted by Gasteiger charge is 2.29. The maximum absolute atomic E-state index is 11.2. The van der Waals surface area contributed by atoms with Crippen LogP contribution in [0.4, 0.5) is 0 Å². The maximum atomic E-state index is 11.2. The summed E-state index contributed by atoms with van der Waals surface area (Å²) >= 11 is 5.79. The number of rotatable bonds is 1. The molecule has 0 fully saturated rings. The number of benzene rings is 1. The molecule has 0 saturated carbocycles. The summed E-state index contributed by atoms with van der Waals surface area (Å²) in [7, 11) is 1.35. The highest BCUT2D eigenvalue weighted by Crippen LogP contribution is 2.31. The average Bonchev–Trinajstić information content (AvgIpc) is 2.59. The summed E-state index contributed by atoms with van der Waals surface area (Å²) in [5.41, 5.74) is 0.991. The van der Waals surface area contributed by atoms with E-state index in [1.165, 1.54) is 7.11 Å². The molecule has 0 N–H and O–H groups in total. The van der Waals surface area contributed by atoms with Crippen LogP contribution in [0.15, 0.2) is 18.2 Å². The minimum absolute atomic E-state index is 0.350. The number of ether oxygens (including phenoxy) is 2. The third-order valence-corrected chi connectivity index (χ3v) is 2.40. The minimum Gasteiger partial charge on any atom is -0.478 e. The second kappa shape index (κ2) is 3.50. The van der Waals surface area contributed by atoms with Crippen molar-refractivity contribution >= 4 is 17.6 Å². The number of esters is 1. The molecule has 0 saturated heterocycles. The molecule has 3 nitrogen and oxygen atoms in total. The van der Waals surface area contributed by atoms with Gasteiger partial charge in [0.25, 0.3) is 0 Å². The zero-order chi connectivity index (χ0) is 10.1. The number of carbonyl (C=O) groups is 1. The van der Waals surface area contributed by atoms with Gasteiger partial charge in [0.15, 0.2) is 6.10 Å². The van der Waals surface area contributed by atoms with Gasteiger partial charge in [0, 0.05) is 11.4 Å². The first-order chi connectivity index (χ1) is 6.70. The van der Waals surface area contributed by atoms with Crippen molar-refractivity contribution in [3.63, 3.8) is 0 Å². The standard InChI is InChI=1S/C10H9ClO3/c1-13-10(12)9-4-6-2-3-7(11)5-8(6)14-9/h2-3,5,9H,4H2,1H3. The molecule has 4 heteroatoms. The first-order valence-corrected chi connectivity index (χ1v) is 4.61. The smallest absolute Gasteiger partial charge is 0.347 e. The summed E-state index contributed by atoms with van der Waals surface area (Å²) in [4.78, 5) is 11.2. The fourth-order valence-electron chi connectivity index (χ4n) is 1.46. The Morgan fingerprint density at radius 1 is 1.64 bits per heavy atom. The molecular formula is C10H9ClO3. The van der Waals surface area contributed by atoms with Crippen molar-refractivity contribution in [3.8, 4) is 5.75 Å². The van der Waals surface area contributed by atoms with Gasteiger partial charge < -0.3 is 9.47 Å². The average molecular weight is 213 g/mol. The SMILES string of the molecule is COC(=O)C1Cc2ccc(Cl)cc2O1. The number of carbonyl (C=O) groups excluding carboxylic acids is 1. The molecule has 1 heterocycles.